The number of aromatic nitrogens is 2. The summed E-state index contributed by atoms with van der Waals surface area (Å²) in [6.07, 6.45) is 19.9. The predicted molar refractivity (Wildman–Crippen MR) is 306 cm³/mol. The molecule has 16 heteroatoms. The summed E-state index contributed by atoms with van der Waals surface area (Å²) in [6, 6.07) is 38.9. The number of hydrogen-bond acceptors (Lipinski definition) is 12. The maximum atomic E-state index is 12.9. The number of para-hydroxylation sites is 2. The van der Waals surface area contributed by atoms with Crippen molar-refractivity contribution < 1.29 is 14.9 Å². The first-order valence-corrected chi connectivity index (χ1v) is 25.7. The van der Waals surface area contributed by atoms with Gasteiger partial charge in [-0.2, -0.15) is 4.58 Å². The van der Waals surface area contributed by atoms with E-state index in [1.165, 1.54) is 0 Å². The molecule has 0 bridgehead atoms. The van der Waals surface area contributed by atoms with Crippen molar-refractivity contribution in [3.05, 3.63) is 169 Å². The molecule has 0 atom stereocenters. The van der Waals surface area contributed by atoms with Gasteiger partial charge in [0, 0.05) is 68.3 Å². The van der Waals surface area contributed by atoms with E-state index in [0.717, 1.165) is 127 Å². The molecule has 4 heterocycles. The van der Waals surface area contributed by atoms with Crippen molar-refractivity contribution >= 4 is 88.1 Å². The second-order valence-electron chi connectivity index (χ2n) is 18.2. The van der Waals surface area contributed by atoms with Crippen molar-refractivity contribution in [2.45, 2.75) is 64.2 Å². The number of benzene rings is 4. The molecular formula is C59H66N14O2+2. The molecular weight excluding hydrogens is 937 g/mol. The van der Waals surface area contributed by atoms with E-state index in [1.54, 1.807) is 24.8 Å². The highest BCUT2D eigenvalue weighted by Crippen LogP contribution is 2.32. The van der Waals surface area contributed by atoms with Crippen molar-refractivity contribution in [1.29, 1.82) is 0 Å². The van der Waals surface area contributed by atoms with E-state index in [2.05, 4.69) is 54.0 Å². The zero-order valence-electron chi connectivity index (χ0n) is 42.3. The summed E-state index contributed by atoms with van der Waals surface area (Å²) >= 11 is 0. The molecule has 0 unspecified atom stereocenters. The van der Waals surface area contributed by atoms with Gasteiger partial charge in [0.2, 0.25) is 11.4 Å². The highest BCUT2D eigenvalue weighted by Gasteiger charge is 2.19. The minimum absolute atomic E-state index is 0.0872. The Morgan fingerprint density at radius 1 is 0.600 bits per heavy atom. The third kappa shape index (κ3) is 16.1. The van der Waals surface area contributed by atoms with Crippen molar-refractivity contribution in [2.24, 2.45) is 25.7 Å². The number of aliphatic imine (C=N–C) groups is 4. The number of amides is 2. The predicted octanol–water partition coefficient (Wildman–Crippen LogP) is 9.51. The smallest absolute Gasteiger partial charge is 0.251 e. The minimum Gasteiger partial charge on any atom is -0.384 e. The lowest BCUT2D eigenvalue weighted by Gasteiger charge is -2.11. The van der Waals surface area contributed by atoms with Crippen molar-refractivity contribution in [3.8, 4) is 11.1 Å². The monoisotopic (exact) mass is 1000 g/mol. The zero-order chi connectivity index (χ0) is 52.0. The quantitative estimate of drug-likeness (QED) is 0.0126. The summed E-state index contributed by atoms with van der Waals surface area (Å²) < 4.78 is 1.86. The van der Waals surface area contributed by atoms with Crippen LogP contribution in [-0.4, -0.2) is 78.5 Å². The van der Waals surface area contributed by atoms with Crippen molar-refractivity contribution in [2.75, 3.05) is 37.2 Å². The summed E-state index contributed by atoms with van der Waals surface area (Å²) in [4.78, 5) is 53.1. The number of nitrogens with two attached hydrogens (primary N) is 3. The Morgan fingerprint density at radius 2 is 1.15 bits per heavy atom. The summed E-state index contributed by atoms with van der Waals surface area (Å²) in [5, 5.41) is 15.0. The minimum atomic E-state index is -0.0942. The normalized spacial score (nSPS) is 14.0. The second kappa shape index (κ2) is 27.2. The summed E-state index contributed by atoms with van der Waals surface area (Å²) in [6.45, 7) is 7.10. The third-order valence-electron chi connectivity index (χ3n) is 12.6. The summed E-state index contributed by atoms with van der Waals surface area (Å²) in [5.74, 6) is 2.35. The van der Waals surface area contributed by atoms with Gasteiger partial charge in [0.1, 0.15) is 41.4 Å². The van der Waals surface area contributed by atoms with Gasteiger partial charge in [-0.1, -0.05) is 86.3 Å². The Morgan fingerprint density at radius 3 is 1.73 bits per heavy atom. The van der Waals surface area contributed by atoms with Crippen LogP contribution < -0.4 is 42.6 Å². The van der Waals surface area contributed by atoms with Crippen LogP contribution in [0.3, 0.4) is 0 Å². The molecule has 2 aromatic heterocycles. The Labute approximate surface area is 438 Å². The number of nitrogen functional groups attached to an aromatic ring is 1. The Bertz CT molecular complexity index is 3090. The topological polar surface area (TPSA) is 229 Å². The standard InChI is InChI=1S/C59H64N14O2/c1-73(49-18-10-7-11-19-49)53-37-57(69-41-52(53)72-47-28-30-54(60)66-38-47)63-33-13-3-5-15-35-65-59(75)45-26-22-43(23-27-45)42-20-24-44(25-21-42)58(74)64-34-14-4-2-12-32-62-56-31-29-48(39-68-56)71-51-40-67-55(61)36-50(51)70-46-16-8-6-9-17-46/h6-11,16-27,30-31,36-41,62H,1-5,12-15,28-29,32-35,60H2,(H5-,61,63,64,65,66,67,68,69,70,74,75)/p+2. The summed E-state index contributed by atoms with van der Waals surface area (Å²) in [5.41, 5.74) is 21.8. The van der Waals surface area contributed by atoms with Gasteiger partial charge < -0.3 is 32.7 Å². The van der Waals surface area contributed by atoms with Crippen LogP contribution in [0.4, 0.5) is 45.8 Å². The molecule has 382 valence electrons. The van der Waals surface area contributed by atoms with Gasteiger partial charge in [-0.3, -0.25) is 14.9 Å². The lowest BCUT2D eigenvalue weighted by Crippen LogP contribution is -2.71. The first-order chi connectivity index (χ1) is 36.7. The van der Waals surface area contributed by atoms with E-state index in [9.17, 15) is 9.59 Å². The van der Waals surface area contributed by atoms with Gasteiger partial charge in [0.05, 0.1) is 42.3 Å². The zero-order valence-corrected chi connectivity index (χ0v) is 42.3. The van der Waals surface area contributed by atoms with Crippen LogP contribution >= 0.6 is 0 Å². The lowest BCUT2D eigenvalue weighted by atomic mass is 10.0. The average Bonchev–Trinajstić information content (AvgIpc) is 3.44. The number of hydrogen-bond donors (Lipinski definition) is 7. The number of nitrogens with zero attached hydrogens (tertiary/aromatic N) is 7. The highest BCUT2D eigenvalue weighted by atomic mass is 16.2. The molecule has 75 heavy (non-hydrogen) atoms. The van der Waals surface area contributed by atoms with Crippen LogP contribution in [0.15, 0.2) is 177 Å². The lowest BCUT2D eigenvalue weighted by molar-refractivity contribution is -0.477. The van der Waals surface area contributed by atoms with E-state index in [1.807, 2.05) is 137 Å². The third-order valence-corrected chi connectivity index (χ3v) is 12.6. The molecule has 0 saturated heterocycles. The van der Waals surface area contributed by atoms with E-state index < -0.39 is 0 Å². The molecule has 0 radical (unpaired) electrons. The molecule has 2 amide bonds. The number of nitrogens with one attached hydrogen (secondary N) is 4. The second-order valence-corrected chi connectivity index (χ2v) is 18.2. The Balaban J connectivity index is 0.670. The van der Waals surface area contributed by atoms with Gasteiger partial charge >= 0.3 is 0 Å². The maximum absolute atomic E-state index is 12.9. The van der Waals surface area contributed by atoms with Crippen LogP contribution in [0.2, 0.25) is 0 Å². The molecule has 8 rings (SSSR count). The maximum Gasteiger partial charge on any atom is 0.251 e. The highest BCUT2D eigenvalue weighted by molar-refractivity contribution is 6.33. The van der Waals surface area contributed by atoms with Gasteiger partial charge in [-0.25, -0.2) is 29.9 Å². The fourth-order valence-corrected chi connectivity index (χ4v) is 8.37. The molecule has 6 aromatic rings. The van der Waals surface area contributed by atoms with Crippen molar-refractivity contribution in [1.82, 2.24) is 30.5 Å². The van der Waals surface area contributed by atoms with E-state index >= 15 is 0 Å². The van der Waals surface area contributed by atoms with Gasteiger partial charge in [-0.15, -0.1) is 0 Å². The number of carbonyl (C=O) groups is 2. The van der Waals surface area contributed by atoms with E-state index in [-0.39, 0.29) is 11.8 Å². The molecule has 0 saturated carbocycles. The Kier molecular flexibility index (Phi) is 19.0. The van der Waals surface area contributed by atoms with Crippen LogP contribution in [0.1, 0.15) is 84.9 Å². The van der Waals surface area contributed by atoms with Gasteiger partial charge in [0.25, 0.3) is 11.8 Å². The van der Waals surface area contributed by atoms with Crippen LogP contribution in [-0.2, 0) is 0 Å². The average molecular weight is 1000 g/mol. The molecule has 0 fully saturated rings. The van der Waals surface area contributed by atoms with Crippen LogP contribution in [0.25, 0.3) is 11.1 Å². The summed E-state index contributed by atoms with van der Waals surface area (Å²) in [7, 11) is 0. The van der Waals surface area contributed by atoms with Gasteiger partial charge in [0.15, 0.2) is 11.4 Å². The molecule has 10 N–H and O–H groups in total. The number of anilines is 2. The van der Waals surface area contributed by atoms with E-state index in [4.69, 9.17) is 21.5 Å². The molecule has 16 nitrogen and oxygen atoms in total. The first-order valence-electron chi connectivity index (χ1n) is 25.7. The number of quaternary nitrogens is 1. The number of carbonyl (C=O) groups excluding carboxylic acids is 2. The van der Waals surface area contributed by atoms with Gasteiger partial charge in [-0.05, 0) is 85.4 Å². The van der Waals surface area contributed by atoms with Crippen molar-refractivity contribution in [3.63, 3.8) is 0 Å². The number of pyridine rings is 2. The molecule has 0 aliphatic carbocycles. The number of unbranched alkanes of at least 4 members (excludes halogenated alkanes) is 6. The molecule has 4 aromatic carbocycles. The molecule has 2 aliphatic rings. The van der Waals surface area contributed by atoms with Crippen LogP contribution in [0, 0.1) is 0 Å². The SMILES string of the molecule is C=[N+](c1ccccc1)c1cc(NCCCCCCNC(=O)c2ccc(-c3ccc(C(=O)NCCCCCCNC4=CCC(=Nc5cnc(N)cc5[NH2+]c5ccccc5)C=N4)cc3)cc2)ncc1N=C1C=NC(N)=CC1. The first kappa shape index (κ1) is 52.4. The Hall–Kier alpha value is -8.89. The fraction of sp³-hybridized carbons (Fsp3) is 0.237. The number of rotatable bonds is 25. The van der Waals surface area contributed by atoms with E-state index in [0.29, 0.717) is 54.4 Å². The molecule has 0 spiro atoms. The molecule has 2 aliphatic heterocycles. The van der Waals surface area contributed by atoms with Crippen LogP contribution in [0.5, 0.6) is 0 Å². The fourth-order valence-electron chi connectivity index (χ4n) is 8.37. The largest absolute Gasteiger partial charge is 0.384 e. The number of allylic oxidation sites excluding steroid dienone is 2.